The Bertz CT molecular complexity index is 452. The second-order valence-electron chi connectivity index (χ2n) is 5.28. The van der Waals surface area contributed by atoms with Crippen LogP contribution in [0.3, 0.4) is 0 Å². The highest BCUT2D eigenvalue weighted by Gasteiger charge is 2.42. The van der Waals surface area contributed by atoms with E-state index in [-0.39, 0.29) is 6.10 Å². The lowest BCUT2D eigenvalue weighted by atomic mass is 10.00. The van der Waals surface area contributed by atoms with Gasteiger partial charge < -0.3 is 15.4 Å². The van der Waals surface area contributed by atoms with E-state index < -0.39 is 0 Å². The van der Waals surface area contributed by atoms with Crippen LogP contribution in [-0.2, 0) is 0 Å². The maximum Gasteiger partial charge on any atom is 0.145 e. The van der Waals surface area contributed by atoms with E-state index in [1.54, 1.807) is 0 Å². The summed E-state index contributed by atoms with van der Waals surface area (Å²) in [6.45, 7) is 3.71. The first kappa shape index (κ1) is 11.7. The van der Waals surface area contributed by atoms with E-state index in [9.17, 15) is 5.11 Å². The number of nitrogens with two attached hydrogens (primary N) is 1. The van der Waals surface area contributed by atoms with Gasteiger partial charge in [-0.25, -0.2) is 15.8 Å². The molecule has 1 aliphatic carbocycles. The molecular formula is C12H19N5O. The molecule has 2 fully saturated rings. The number of hydrogen-bond acceptors (Lipinski definition) is 6. The van der Waals surface area contributed by atoms with Crippen molar-refractivity contribution < 1.29 is 5.11 Å². The number of aliphatic hydroxyl groups is 1. The zero-order chi connectivity index (χ0) is 12.7. The van der Waals surface area contributed by atoms with Crippen molar-refractivity contribution in [1.82, 2.24) is 9.97 Å². The summed E-state index contributed by atoms with van der Waals surface area (Å²) in [7, 11) is 0. The summed E-state index contributed by atoms with van der Waals surface area (Å²) in [6.07, 6.45) is 1.92. The first-order valence-electron chi connectivity index (χ1n) is 6.42. The van der Waals surface area contributed by atoms with Gasteiger partial charge in [-0.2, -0.15) is 0 Å². The highest BCUT2D eigenvalue weighted by molar-refractivity contribution is 5.49. The van der Waals surface area contributed by atoms with Crippen molar-refractivity contribution in [3.8, 4) is 0 Å². The van der Waals surface area contributed by atoms with E-state index in [1.807, 2.05) is 13.0 Å². The van der Waals surface area contributed by atoms with E-state index in [4.69, 9.17) is 5.84 Å². The normalized spacial score (nSPS) is 30.6. The van der Waals surface area contributed by atoms with Crippen molar-refractivity contribution in [3.05, 3.63) is 11.9 Å². The molecule has 1 aromatic heterocycles. The Morgan fingerprint density at radius 1 is 1.39 bits per heavy atom. The molecule has 2 heterocycles. The number of aliphatic hydroxyl groups excluding tert-OH is 1. The lowest BCUT2D eigenvalue weighted by Gasteiger charge is -2.20. The van der Waals surface area contributed by atoms with Crippen LogP contribution in [0.15, 0.2) is 6.07 Å². The minimum atomic E-state index is -0.143. The Hall–Kier alpha value is -1.40. The third-order valence-electron chi connectivity index (χ3n) is 4.12. The van der Waals surface area contributed by atoms with Crippen LogP contribution in [0.4, 0.5) is 11.6 Å². The van der Waals surface area contributed by atoms with E-state index in [1.165, 1.54) is 0 Å². The molecule has 0 radical (unpaired) electrons. The highest BCUT2D eigenvalue weighted by Crippen LogP contribution is 2.39. The highest BCUT2D eigenvalue weighted by atomic mass is 16.3. The Balaban J connectivity index is 1.82. The first-order chi connectivity index (χ1) is 8.67. The molecule has 98 valence electrons. The van der Waals surface area contributed by atoms with E-state index in [2.05, 4.69) is 20.3 Å². The Morgan fingerprint density at radius 3 is 2.94 bits per heavy atom. The Morgan fingerprint density at radius 2 is 2.22 bits per heavy atom. The Kier molecular flexibility index (Phi) is 2.83. The number of fused-ring (bicyclic) bond motifs is 1. The number of nitrogens with one attached hydrogen (secondary N) is 1. The summed E-state index contributed by atoms with van der Waals surface area (Å²) in [5, 5.41) is 9.93. The number of aromatic nitrogens is 2. The van der Waals surface area contributed by atoms with Gasteiger partial charge in [-0.3, -0.25) is 0 Å². The average Bonchev–Trinajstić information content (AvgIpc) is 2.91. The Labute approximate surface area is 106 Å². The summed E-state index contributed by atoms with van der Waals surface area (Å²) in [6, 6.07) is 1.86. The van der Waals surface area contributed by atoms with Crippen molar-refractivity contribution in [2.24, 2.45) is 17.7 Å². The van der Waals surface area contributed by atoms with E-state index in [0.717, 1.165) is 31.7 Å². The molecule has 0 spiro atoms. The fourth-order valence-corrected chi connectivity index (χ4v) is 3.21. The van der Waals surface area contributed by atoms with Crippen LogP contribution in [0.1, 0.15) is 18.7 Å². The maximum absolute atomic E-state index is 9.93. The van der Waals surface area contributed by atoms with Crippen molar-refractivity contribution in [3.63, 3.8) is 0 Å². The molecule has 3 atom stereocenters. The molecule has 0 bridgehead atoms. The van der Waals surface area contributed by atoms with Crippen LogP contribution in [0, 0.1) is 18.8 Å². The number of nitrogens with zero attached hydrogens (tertiary/aromatic N) is 3. The van der Waals surface area contributed by atoms with Gasteiger partial charge in [-0.1, -0.05) is 0 Å². The van der Waals surface area contributed by atoms with Gasteiger partial charge in [-0.05, 0) is 25.7 Å². The predicted octanol–water partition coefficient (Wildman–Crippen LogP) is 0.278. The van der Waals surface area contributed by atoms with Crippen molar-refractivity contribution in [1.29, 1.82) is 0 Å². The van der Waals surface area contributed by atoms with Crippen LogP contribution in [0.5, 0.6) is 0 Å². The molecule has 4 N–H and O–H groups in total. The number of nitrogen functional groups attached to an aromatic ring is 1. The summed E-state index contributed by atoms with van der Waals surface area (Å²) < 4.78 is 0. The van der Waals surface area contributed by atoms with E-state index >= 15 is 0 Å². The third-order valence-corrected chi connectivity index (χ3v) is 4.12. The van der Waals surface area contributed by atoms with Crippen molar-refractivity contribution in [2.75, 3.05) is 23.4 Å². The number of rotatable bonds is 2. The van der Waals surface area contributed by atoms with Crippen molar-refractivity contribution >= 4 is 11.6 Å². The monoisotopic (exact) mass is 249 g/mol. The fraction of sp³-hybridized carbons (Fsp3) is 0.667. The minimum absolute atomic E-state index is 0.143. The van der Waals surface area contributed by atoms with Crippen LogP contribution in [-0.4, -0.2) is 34.3 Å². The van der Waals surface area contributed by atoms with E-state index in [0.29, 0.717) is 23.5 Å². The van der Waals surface area contributed by atoms with Gasteiger partial charge in [0.1, 0.15) is 17.5 Å². The topological polar surface area (TPSA) is 87.3 Å². The number of aryl methyl sites for hydroxylation is 1. The minimum Gasteiger partial charge on any atom is -0.393 e. The SMILES string of the molecule is Cc1nc(NN)cc(N2CC3CCC(O)C3C2)n1. The maximum atomic E-state index is 9.93. The van der Waals surface area contributed by atoms with Gasteiger partial charge >= 0.3 is 0 Å². The van der Waals surface area contributed by atoms with Gasteiger partial charge in [0.05, 0.1) is 6.10 Å². The zero-order valence-electron chi connectivity index (χ0n) is 10.5. The molecule has 0 aromatic carbocycles. The average molecular weight is 249 g/mol. The molecule has 1 aromatic rings. The molecular weight excluding hydrogens is 230 g/mol. The van der Waals surface area contributed by atoms with Gasteiger partial charge in [0.25, 0.3) is 0 Å². The second-order valence-corrected chi connectivity index (χ2v) is 5.28. The third kappa shape index (κ3) is 1.91. The van der Waals surface area contributed by atoms with Gasteiger partial charge in [0, 0.05) is 25.1 Å². The first-order valence-corrected chi connectivity index (χ1v) is 6.42. The predicted molar refractivity (Wildman–Crippen MR) is 69.0 cm³/mol. The van der Waals surface area contributed by atoms with Crippen LogP contribution < -0.4 is 16.2 Å². The molecule has 6 heteroatoms. The van der Waals surface area contributed by atoms with Crippen LogP contribution in [0.25, 0.3) is 0 Å². The van der Waals surface area contributed by atoms with Crippen LogP contribution in [0.2, 0.25) is 0 Å². The summed E-state index contributed by atoms with van der Waals surface area (Å²) >= 11 is 0. The van der Waals surface area contributed by atoms with Gasteiger partial charge in [0.15, 0.2) is 0 Å². The summed E-state index contributed by atoms with van der Waals surface area (Å²) in [5.74, 6) is 8.64. The number of hydrogen-bond donors (Lipinski definition) is 3. The summed E-state index contributed by atoms with van der Waals surface area (Å²) in [4.78, 5) is 10.9. The molecule has 0 amide bonds. The summed E-state index contributed by atoms with van der Waals surface area (Å²) in [5.41, 5.74) is 2.56. The fourth-order valence-electron chi connectivity index (χ4n) is 3.21. The molecule has 1 saturated heterocycles. The van der Waals surface area contributed by atoms with Gasteiger partial charge in [0.2, 0.25) is 0 Å². The lowest BCUT2D eigenvalue weighted by Crippen LogP contribution is -2.25. The quantitative estimate of drug-likeness (QED) is 0.515. The number of anilines is 2. The number of hydrazine groups is 1. The molecule has 18 heavy (non-hydrogen) atoms. The molecule has 1 aliphatic heterocycles. The second kappa shape index (κ2) is 4.37. The molecule has 6 nitrogen and oxygen atoms in total. The molecule has 2 aliphatic rings. The molecule has 3 unspecified atom stereocenters. The molecule has 3 rings (SSSR count). The van der Waals surface area contributed by atoms with Crippen LogP contribution >= 0.6 is 0 Å². The lowest BCUT2D eigenvalue weighted by molar-refractivity contribution is 0.133. The largest absolute Gasteiger partial charge is 0.393 e. The van der Waals surface area contributed by atoms with Gasteiger partial charge in [-0.15, -0.1) is 0 Å². The van der Waals surface area contributed by atoms with Crippen molar-refractivity contribution in [2.45, 2.75) is 25.9 Å². The zero-order valence-corrected chi connectivity index (χ0v) is 10.5. The molecule has 1 saturated carbocycles. The standard InChI is InChI=1S/C12H19N5O/c1-7-14-11(16-13)4-12(15-7)17-5-8-2-3-10(18)9(8)6-17/h4,8-10,18H,2-3,5-6,13H2,1H3,(H,14,15,16). The smallest absolute Gasteiger partial charge is 0.145 e.